The van der Waals surface area contributed by atoms with Crippen LogP contribution in [-0.2, 0) is 30.7 Å². The summed E-state index contributed by atoms with van der Waals surface area (Å²) < 4.78 is 70.8. The summed E-state index contributed by atoms with van der Waals surface area (Å²) in [7, 11) is -3.99. The van der Waals surface area contributed by atoms with Crippen LogP contribution in [0.15, 0.2) is 77.7 Å². The molecule has 1 unspecified atom stereocenters. The summed E-state index contributed by atoms with van der Waals surface area (Å²) in [5, 5.41) is 2.94. The van der Waals surface area contributed by atoms with E-state index in [9.17, 15) is 22.4 Å². The maximum Gasteiger partial charge on any atom is 0.410 e. The SMILES string of the molecule is CC(C)(C)OC(=O)N1C[C@H](CCc2c(F)cccc2NC(=O)CC(c2ccc(F)cc2)C2CCOCC2)N(S(=O)(=O)c2ccccc2)CC2(CC2)C1. The number of sulfonamides is 1. The molecular weight excluding hydrogens is 689 g/mol. The molecule has 0 bridgehead atoms. The number of nitrogens with one attached hydrogen (secondary N) is 1. The molecule has 1 N–H and O–H groups in total. The molecule has 2 atom stereocenters. The first-order valence-corrected chi connectivity index (χ1v) is 19.6. The van der Waals surface area contributed by atoms with Gasteiger partial charge in [0.15, 0.2) is 0 Å². The van der Waals surface area contributed by atoms with Gasteiger partial charge in [0.2, 0.25) is 15.9 Å². The van der Waals surface area contributed by atoms with Gasteiger partial charge in [0.25, 0.3) is 0 Å². The Hall–Kier alpha value is -3.87. The van der Waals surface area contributed by atoms with Crippen LogP contribution in [0.4, 0.5) is 19.3 Å². The number of anilines is 1. The first-order valence-electron chi connectivity index (χ1n) is 18.2. The van der Waals surface area contributed by atoms with E-state index >= 15 is 4.39 Å². The summed E-state index contributed by atoms with van der Waals surface area (Å²) in [6.07, 6.45) is 2.98. The van der Waals surface area contributed by atoms with Crippen molar-refractivity contribution in [3.05, 3.63) is 95.6 Å². The summed E-state index contributed by atoms with van der Waals surface area (Å²) in [5.74, 6) is -1.20. The summed E-state index contributed by atoms with van der Waals surface area (Å²) in [5.41, 5.74) is 0.288. The van der Waals surface area contributed by atoms with Crippen molar-refractivity contribution in [1.82, 2.24) is 9.21 Å². The number of rotatable bonds is 10. The highest BCUT2D eigenvalue weighted by Gasteiger charge is 2.52. The fourth-order valence-corrected chi connectivity index (χ4v) is 9.33. The summed E-state index contributed by atoms with van der Waals surface area (Å²) in [6, 6.07) is 18.3. The van der Waals surface area contributed by atoms with Gasteiger partial charge in [-0.15, -0.1) is 0 Å². The molecule has 1 spiro atoms. The van der Waals surface area contributed by atoms with E-state index in [1.807, 2.05) is 0 Å². The van der Waals surface area contributed by atoms with Gasteiger partial charge >= 0.3 is 6.09 Å². The Morgan fingerprint density at radius 2 is 1.65 bits per heavy atom. The largest absolute Gasteiger partial charge is 0.444 e. The molecule has 6 rings (SSSR count). The minimum Gasteiger partial charge on any atom is -0.444 e. The number of amides is 2. The van der Waals surface area contributed by atoms with Crippen LogP contribution in [0.5, 0.6) is 0 Å². The lowest BCUT2D eigenvalue weighted by molar-refractivity contribution is -0.117. The lowest BCUT2D eigenvalue weighted by Crippen LogP contribution is -2.46. The van der Waals surface area contributed by atoms with Crippen LogP contribution in [0, 0.1) is 23.0 Å². The Balaban J connectivity index is 1.25. The molecular formula is C40H49F2N3O6S. The Kier molecular flexibility index (Phi) is 11.4. The van der Waals surface area contributed by atoms with Gasteiger partial charge < -0.3 is 19.7 Å². The van der Waals surface area contributed by atoms with Crippen LogP contribution in [-0.4, -0.2) is 74.1 Å². The molecule has 3 aromatic carbocycles. The number of benzene rings is 3. The fraction of sp³-hybridized carbons (Fsp3) is 0.500. The predicted octanol–water partition coefficient (Wildman–Crippen LogP) is 7.53. The zero-order valence-corrected chi connectivity index (χ0v) is 31.0. The minimum absolute atomic E-state index is 0.0727. The number of carbonyl (C=O) groups is 2. The van der Waals surface area contributed by atoms with Crippen LogP contribution < -0.4 is 5.32 Å². The van der Waals surface area contributed by atoms with Gasteiger partial charge in [-0.1, -0.05) is 36.4 Å². The lowest BCUT2D eigenvalue weighted by atomic mass is 9.79. The van der Waals surface area contributed by atoms with Crippen LogP contribution >= 0.6 is 0 Å². The molecule has 3 aliphatic rings. The van der Waals surface area contributed by atoms with Crippen LogP contribution in [0.2, 0.25) is 0 Å². The van der Waals surface area contributed by atoms with Crippen LogP contribution in [0.1, 0.15) is 76.3 Å². The molecule has 2 aliphatic heterocycles. The summed E-state index contributed by atoms with van der Waals surface area (Å²) in [4.78, 5) is 28.9. The highest BCUT2D eigenvalue weighted by molar-refractivity contribution is 7.89. The van der Waals surface area contributed by atoms with E-state index < -0.39 is 39.0 Å². The van der Waals surface area contributed by atoms with Crippen LogP contribution in [0.3, 0.4) is 0 Å². The molecule has 3 fully saturated rings. The molecule has 12 heteroatoms. The van der Waals surface area contributed by atoms with Gasteiger partial charge in [0.1, 0.15) is 17.2 Å². The van der Waals surface area contributed by atoms with E-state index in [4.69, 9.17) is 9.47 Å². The second kappa shape index (κ2) is 15.6. The van der Waals surface area contributed by atoms with E-state index in [2.05, 4.69) is 5.32 Å². The maximum absolute atomic E-state index is 15.7. The fourth-order valence-electron chi connectivity index (χ4n) is 7.55. The third kappa shape index (κ3) is 9.19. The van der Waals surface area contributed by atoms with E-state index in [0.717, 1.165) is 31.2 Å². The van der Waals surface area contributed by atoms with Gasteiger partial charge in [-0.25, -0.2) is 22.0 Å². The number of nitrogens with zero attached hydrogens (tertiary/aromatic N) is 2. The Morgan fingerprint density at radius 3 is 2.31 bits per heavy atom. The monoisotopic (exact) mass is 737 g/mol. The van der Waals surface area contributed by atoms with Gasteiger partial charge in [0.05, 0.1) is 4.90 Å². The second-order valence-corrected chi connectivity index (χ2v) is 17.4. The van der Waals surface area contributed by atoms with Crippen molar-refractivity contribution in [2.75, 3.05) is 38.2 Å². The smallest absolute Gasteiger partial charge is 0.410 e. The molecule has 2 amide bonds. The second-order valence-electron chi connectivity index (χ2n) is 15.5. The average molecular weight is 738 g/mol. The molecule has 3 aromatic rings. The molecule has 2 heterocycles. The van der Waals surface area contributed by atoms with Crippen molar-refractivity contribution in [3.8, 4) is 0 Å². The minimum atomic E-state index is -3.99. The molecule has 280 valence electrons. The first kappa shape index (κ1) is 37.9. The van der Waals surface area contributed by atoms with E-state index in [-0.39, 0.29) is 66.4 Å². The van der Waals surface area contributed by atoms with Crippen molar-refractivity contribution >= 4 is 27.7 Å². The zero-order valence-electron chi connectivity index (χ0n) is 30.2. The van der Waals surface area contributed by atoms with Crippen molar-refractivity contribution in [3.63, 3.8) is 0 Å². The summed E-state index contributed by atoms with van der Waals surface area (Å²) >= 11 is 0. The third-order valence-electron chi connectivity index (χ3n) is 10.5. The van der Waals surface area contributed by atoms with Gasteiger partial charge in [0, 0.05) is 62.0 Å². The third-order valence-corrected chi connectivity index (χ3v) is 12.4. The van der Waals surface area contributed by atoms with Gasteiger partial charge in [-0.3, -0.25) is 4.79 Å². The Bertz CT molecular complexity index is 1820. The topological polar surface area (TPSA) is 105 Å². The average Bonchev–Trinajstić information content (AvgIpc) is 3.90. The van der Waals surface area contributed by atoms with E-state index in [0.29, 0.717) is 25.4 Å². The molecule has 2 saturated heterocycles. The zero-order chi connectivity index (χ0) is 37.1. The molecule has 9 nitrogen and oxygen atoms in total. The normalized spacial score (nSPS) is 20.2. The predicted molar refractivity (Wildman–Crippen MR) is 194 cm³/mol. The van der Waals surface area contributed by atoms with Crippen molar-refractivity contribution in [2.24, 2.45) is 11.3 Å². The van der Waals surface area contributed by atoms with Crippen molar-refractivity contribution < 1.29 is 36.3 Å². The number of halogens is 2. The quantitative estimate of drug-likeness (QED) is 0.231. The van der Waals surface area contributed by atoms with Crippen LogP contribution in [0.25, 0.3) is 0 Å². The van der Waals surface area contributed by atoms with Crippen molar-refractivity contribution in [1.29, 1.82) is 0 Å². The highest BCUT2D eigenvalue weighted by Crippen LogP contribution is 2.50. The Labute approximate surface area is 305 Å². The maximum atomic E-state index is 15.7. The molecule has 1 saturated carbocycles. The number of ether oxygens (including phenoxy) is 2. The lowest BCUT2D eigenvalue weighted by Gasteiger charge is -2.32. The van der Waals surface area contributed by atoms with E-state index in [1.165, 1.54) is 28.6 Å². The number of hydrogen-bond donors (Lipinski definition) is 1. The number of carbonyl (C=O) groups excluding carboxylic acids is 2. The highest BCUT2D eigenvalue weighted by atomic mass is 32.2. The first-order chi connectivity index (χ1) is 24.7. The molecule has 0 aromatic heterocycles. The van der Waals surface area contributed by atoms with Gasteiger partial charge in [-0.2, -0.15) is 4.31 Å². The van der Waals surface area contributed by atoms with Gasteiger partial charge in [-0.05, 0) is 113 Å². The molecule has 1 aliphatic carbocycles. The molecule has 52 heavy (non-hydrogen) atoms. The Morgan fingerprint density at radius 1 is 0.962 bits per heavy atom. The standard InChI is InChI=1S/C40H49F2N3O6S/c1-39(2,3)51-38(47)44-25-31(45(27-40(26-44)20-21-40)52(48,49)32-8-5-4-6-9-32)16-17-33-35(42)10-7-11-36(33)43-37(46)24-34(29-18-22-50-23-19-29)28-12-14-30(41)15-13-28/h4-15,29,31,34H,16-27H2,1-3H3,(H,43,46)/t31-,34?/m0/s1. The number of hydrogen-bond acceptors (Lipinski definition) is 6. The summed E-state index contributed by atoms with van der Waals surface area (Å²) in [6.45, 7) is 7.21. The molecule has 0 radical (unpaired) electrons. The van der Waals surface area contributed by atoms with Crippen molar-refractivity contribution in [2.45, 2.75) is 88.2 Å². The van der Waals surface area contributed by atoms with E-state index in [1.54, 1.807) is 74.2 Å².